The Morgan fingerprint density at radius 2 is 1.83 bits per heavy atom. The first-order valence-corrected chi connectivity index (χ1v) is 10.6. The Kier molecular flexibility index (Phi) is 7.02. The Labute approximate surface area is 141 Å². The fourth-order valence-electron chi connectivity index (χ4n) is 3.81. The van der Waals surface area contributed by atoms with Gasteiger partial charge in [0.05, 0.1) is 0 Å². The van der Waals surface area contributed by atoms with Gasteiger partial charge in [-0.25, -0.2) is 0 Å². The number of allylic oxidation sites excluding steroid dienone is 1. The van der Waals surface area contributed by atoms with Crippen LogP contribution < -0.4 is 0 Å². The predicted molar refractivity (Wildman–Crippen MR) is 97.5 cm³/mol. The smallest absolute Gasteiger partial charge is 0.370 e. The van der Waals surface area contributed by atoms with Crippen LogP contribution in [0.15, 0.2) is 36.4 Å². The van der Waals surface area contributed by atoms with Crippen LogP contribution in [0.5, 0.6) is 0 Å². The van der Waals surface area contributed by atoms with Gasteiger partial charge in [0, 0.05) is 21.3 Å². The highest BCUT2D eigenvalue weighted by Gasteiger charge is 2.58. The largest absolute Gasteiger partial charge is 0.396 e. The molecule has 1 aromatic rings. The molecule has 4 heteroatoms. The van der Waals surface area contributed by atoms with Crippen molar-refractivity contribution in [2.24, 2.45) is 0 Å². The fourth-order valence-corrected chi connectivity index (χ4v) is 7.73. The summed E-state index contributed by atoms with van der Waals surface area (Å²) in [5.74, 6) is 0. The minimum Gasteiger partial charge on any atom is -0.396 e. The van der Waals surface area contributed by atoms with Gasteiger partial charge in [-0.3, -0.25) is 0 Å². The number of rotatable bonds is 8. The predicted octanol–water partition coefficient (Wildman–Crippen LogP) is 4.71. The highest BCUT2D eigenvalue weighted by Crippen LogP contribution is 2.43. The minimum atomic E-state index is -2.28. The number of ether oxygens (including phenoxy) is 1. The van der Waals surface area contributed by atoms with Crippen LogP contribution in [0.4, 0.5) is 0 Å². The molecule has 2 rings (SSSR count). The second-order valence-electron chi connectivity index (χ2n) is 6.27. The summed E-state index contributed by atoms with van der Waals surface area (Å²) in [5, 5.41) is -0.199. The molecule has 0 amide bonds. The lowest BCUT2D eigenvalue weighted by Crippen LogP contribution is -2.64. The Morgan fingerprint density at radius 3 is 2.48 bits per heavy atom. The second kappa shape index (κ2) is 8.78. The SMILES string of the molecule is COC1(CCCC=Cc2ccccc2)CCCC[Si]1(OC)OC. The van der Waals surface area contributed by atoms with Crippen molar-refractivity contribution in [3.63, 3.8) is 0 Å². The van der Waals surface area contributed by atoms with Crippen molar-refractivity contribution in [1.29, 1.82) is 0 Å². The van der Waals surface area contributed by atoms with E-state index in [0.29, 0.717) is 0 Å². The molecule has 128 valence electrons. The molecule has 1 unspecified atom stereocenters. The number of hydrogen-bond acceptors (Lipinski definition) is 3. The molecular formula is C19H30O3Si. The van der Waals surface area contributed by atoms with Crippen LogP contribution in [0.25, 0.3) is 6.08 Å². The lowest BCUT2D eigenvalue weighted by molar-refractivity contribution is -0.0155. The van der Waals surface area contributed by atoms with E-state index in [1.54, 1.807) is 14.2 Å². The molecule has 0 radical (unpaired) electrons. The summed E-state index contributed by atoms with van der Waals surface area (Å²) in [6, 6.07) is 11.5. The molecule has 1 aromatic carbocycles. The van der Waals surface area contributed by atoms with Crippen LogP contribution in [0, 0.1) is 0 Å². The van der Waals surface area contributed by atoms with E-state index in [0.717, 1.165) is 31.7 Å². The maximum atomic E-state index is 6.03. The normalized spacial score (nSPS) is 24.1. The van der Waals surface area contributed by atoms with Crippen molar-refractivity contribution in [2.45, 2.75) is 49.8 Å². The van der Waals surface area contributed by atoms with E-state index in [4.69, 9.17) is 13.6 Å². The van der Waals surface area contributed by atoms with Crippen LogP contribution in [-0.2, 0) is 13.6 Å². The van der Waals surface area contributed by atoms with Crippen LogP contribution in [-0.4, -0.2) is 35.1 Å². The Balaban J connectivity index is 1.94. The number of methoxy groups -OCH3 is 1. The van der Waals surface area contributed by atoms with Gasteiger partial charge in [0.1, 0.15) is 5.22 Å². The molecule has 1 fully saturated rings. The number of unbranched alkanes of at least 4 members (excludes halogenated alkanes) is 1. The van der Waals surface area contributed by atoms with Crippen molar-refractivity contribution >= 4 is 14.6 Å². The van der Waals surface area contributed by atoms with Crippen LogP contribution in [0.3, 0.4) is 0 Å². The van der Waals surface area contributed by atoms with E-state index in [2.05, 4.69) is 36.4 Å². The molecule has 1 saturated heterocycles. The minimum absolute atomic E-state index is 0.199. The molecule has 3 nitrogen and oxygen atoms in total. The Hall–Kier alpha value is -0.943. The molecule has 1 aliphatic rings. The molecule has 0 N–H and O–H groups in total. The maximum absolute atomic E-state index is 6.03. The molecule has 1 aliphatic heterocycles. The average molecular weight is 335 g/mol. The van der Waals surface area contributed by atoms with Crippen molar-refractivity contribution in [2.75, 3.05) is 21.3 Å². The standard InChI is InChI=1S/C19H30O3Si/c1-20-19(16-10-11-17-23(19,21-2)22-3)15-9-5-8-14-18-12-6-4-7-13-18/h4,6-8,12-14H,5,9-11,15-17H2,1-3H3. The highest BCUT2D eigenvalue weighted by atomic mass is 28.4. The topological polar surface area (TPSA) is 27.7 Å². The Morgan fingerprint density at radius 1 is 1.09 bits per heavy atom. The third kappa shape index (κ3) is 4.12. The fraction of sp³-hybridized carbons (Fsp3) is 0.579. The summed E-state index contributed by atoms with van der Waals surface area (Å²) in [6.45, 7) is 0. The van der Waals surface area contributed by atoms with E-state index in [1.165, 1.54) is 18.4 Å². The Bertz CT molecular complexity index is 485. The van der Waals surface area contributed by atoms with Gasteiger partial charge in [0.25, 0.3) is 0 Å². The van der Waals surface area contributed by atoms with E-state index in [1.807, 2.05) is 13.2 Å². The van der Waals surface area contributed by atoms with E-state index in [-0.39, 0.29) is 5.22 Å². The van der Waals surface area contributed by atoms with Crippen molar-refractivity contribution < 1.29 is 13.6 Å². The molecule has 0 aromatic heterocycles. The zero-order chi connectivity index (χ0) is 16.6. The lowest BCUT2D eigenvalue weighted by Gasteiger charge is -2.48. The van der Waals surface area contributed by atoms with Crippen molar-refractivity contribution in [3.8, 4) is 0 Å². The summed E-state index contributed by atoms with van der Waals surface area (Å²) in [5.41, 5.74) is 1.25. The third-order valence-corrected chi connectivity index (χ3v) is 9.57. The second-order valence-corrected chi connectivity index (χ2v) is 10.0. The molecule has 0 bridgehead atoms. The van der Waals surface area contributed by atoms with Gasteiger partial charge >= 0.3 is 8.56 Å². The van der Waals surface area contributed by atoms with Crippen molar-refractivity contribution in [3.05, 3.63) is 42.0 Å². The van der Waals surface area contributed by atoms with Crippen molar-refractivity contribution in [1.82, 2.24) is 0 Å². The van der Waals surface area contributed by atoms with Gasteiger partial charge in [0.15, 0.2) is 0 Å². The van der Waals surface area contributed by atoms with Gasteiger partial charge in [-0.15, -0.1) is 0 Å². The summed E-state index contributed by atoms with van der Waals surface area (Å²) in [6.07, 6.45) is 11.1. The summed E-state index contributed by atoms with van der Waals surface area (Å²) in [7, 11) is 3.14. The van der Waals surface area contributed by atoms with Crippen LogP contribution >= 0.6 is 0 Å². The summed E-state index contributed by atoms with van der Waals surface area (Å²) < 4.78 is 17.9. The third-order valence-electron chi connectivity index (χ3n) is 5.14. The zero-order valence-corrected chi connectivity index (χ0v) is 15.7. The molecule has 1 atom stereocenters. The summed E-state index contributed by atoms with van der Waals surface area (Å²) >= 11 is 0. The van der Waals surface area contributed by atoms with Crippen LogP contribution in [0.1, 0.15) is 44.1 Å². The van der Waals surface area contributed by atoms with Crippen LogP contribution in [0.2, 0.25) is 6.04 Å². The maximum Gasteiger partial charge on any atom is 0.370 e. The molecule has 1 heterocycles. The first kappa shape index (κ1) is 18.4. The van der Waals surface area contributed by atoms with E-state index in [9.17, 15) is 0 Å². The molecule has 23 heavy (non-hydrogen) atoms. The quantitative estimate of drug-likeness (QED) is 0.509. The van der Waals surface area contributed by atoms with Gasteiger partial charge in [-0.05, 0) is 37.3 Å². The number of benzene rings is 1. The first-order chi connectivity index (χ1) is 11.2. The monoisotopic (exact) mass is 334 g/mol. The molecule has 0 saturated carbocycles. The molecular weight excluding hydrogens is 304 g/mol. The number of hydrogen-bond donors (Lipinski definition) is 0. The van der Waals surface area contributed by atoms with Gasteiger partial charge in [0.2, 0.25) is 0 Å². The van der Waals surface area contributed by atoms with Gasteiger partial charge < -0.3 is 13.6 Å². The van der Waals surface area contributed by atoms with E-state index >= 15 is 0 Å². The lowest BCUT2D eigenvalue weighted by atomic mass is 10.0. The zero-order valence-electron chi connectivity index (χ0n) is 14.7. The molecule has 0 aliphatic carbocycles. The van der Waals surface area contributed by atoms with E-state index < -0.39 is 8.56 Å². The highest BCUT2D eigenvalue weighted by molar-refractivity contribution is 6.70. The van der Waals surface area contributed by atoms with Gasteiger partial charge in [-0.1, -0.05) is 55.3 Å². The molecule has 0 spiro atoms. The van der Waals surface area contributed by atoms with Gasteiger partial charge in [-0.2, -0.15) is 0 Å². The average Bonchev–Trinajstić information content (AvgIpc) is 2.62. The first-order valence-electron chi connectivity index (χ1n) is 8.59. The summed E-state index contributed by atoms with van der Waals surface area (Å²) in [4.78, 5) is 0.